The van der Waals surface area contributed by atoms with Crippen LogP contribution in [0.5, 0.6) is 5.75 Å². The number of aliphatic hydroxyl groups excluding tert-OH is 2. The van der Waals surface area contributed by atoms with Gasteiger partial charge in [0.15, 0.2) is 0 Å². The van der Waals surface area contributed by atoms with Crippen LogP contribution < -0.4 is 10.1 Å². The lowest BCUT2D eigenvalue weighted by Gasteiger charge is -2.41. The lowest BCUT2D eigenvalue weighted by Crippen LogP contribution is -2.51. The average Bonchev–Trinajstić information content (AvgIpc) is 3.10. The highest BCUT2D eigenvalue weighted by atomic mass is 16.5. The number of nitrogens with zero attached hydrogens (tertiary/aromatic N) is 1. The van der Waals surface area contributed by atoms with Gasteiger partial charge < -0.3 is 25.0 Å². The van der Waals surface area contributed by atoms with Crippen LogP contribution in [0.3, 0.4) is 0 Å². The molecule has 4 rings (SSSR count). The van der Waals surface area contributed by atoms with Gasteiger partial charge >= 0.3 is 0 Å². The van der Waals surface area contributed by atoms with Crippen LogP contribution in [0.15, 0.2) is 42.2 Å². The molecule has 1 aromatic carbocycles. The molecule has 1 amide bonds. The normalized spacial score (nSPS) is 27.4. The standard InChI is InChI=1S/C25H34N2O3.2CH4O/c1-16-5-6-18(12-24(16)30-4)25(28)26-20-13-21-8-9-22(14-20)27(21)15-19-7-10-23(29-3)11-17(19)2;2*1-2/h5-7,10-12,17,19-22H,8-9,13-15H2,1-4H3,(H,26,28);2*2H,1H3. The SMILES string of the molecule is CO.CO.COC1=CC(C)C(CN2C3CCC2CC(NC(=O)c2ccc(C)c(OC)c2)C3)C=C1. The zero-order valence-electron chi connectivity index (χ0n) is 21.5. The highest BCUT2D eigenvalue weighted by Crippen LogP contribution is 2.38. The van der Waals surface area contributed by atoms with Crippen LogP contribution in [0.4, 0.5) is 0 Å². The fourth-order valence-corrected chi connectivity index (χ4v) is 5.36. The van der Waals surface area contributed by atoms with Crippen LogP contribution in [0, 0.1) is 18.8 Å². The number of carbonyl (C=O) groups excluding carboxylic acids is 1. The minimum Gasteiger partial charge on any atom is -0.497 e. The number of piperidine rings is 1. The Morgan fingerprint density at radius 1 is 1.09 bits per heavy atom. The van der Waals surface area contributed by atoms with E-state index in [9.17, 15) is 4.79 Å². The smallest absolute Gasteiger partial charge is 0.251 e. The van der Waals surface area contributed by atoms with E-state index in [-0.39, 0.29) is 11.9 Å². The molecule has 7 nitrogen and oxygen atoms in total. The van der Waals surface area contributed by atoms with Gasteiger partial charge in [0.1, 0.15) is 11.5 Å². The van der Waals surface area contributed by atoms with Crippen molar-refractivity contribution in [1.82, 2.24) is 10.2 Å². The van der Waals surface area contributed by atoms with Crippen LogP contribution in [-0.4, -0.2) is 74.1 Å². The zero-order chi connectivity index (χ0) is 25.3. The first-order valence-electron chi connectivity index (χ1n) is 12.0. The van der Waals surface area contributed by atoms with Crippen molar-refractivity contribution in [2.45, 2.75) is 57.7 Å². The second-order valence-corrected chi connectivity index (χ2v) is 9.06. The van der Waals surface area contributed by atoms with Crippen LogP contribution in [-0.2, 0) is 4.74 Å². The molecular weight excluding hydrogens is 432 g/mol. The zero-order valence-corrected chi connectivity index (χ0v) is 21.5. The van der Waals surface area contributed by atoms with Crippen LogP contribution in [0.2, 0.25) is 0 Å². The average molecular weight is 475 g/mol. The van der Waals surface area contributed by atoms with E-state index >= 15 is 0 Å². The summed E-state index contributed by atoms with van der Waals surface area (Å²) >= 11 is 0. The number of allylic oxidation sites excluding steroid dienone is 2. The molecule has 0 radical (unpaired) electrons. The lowest BCUT2D eigenvalue weighted by molar-refractivity contribution is 0.0800. The minimum absolute atomic E-state index is 0.00668. The van der Waals surface area contributed by atoms with Gasteiger partial charge in [0.05, 0.1) is 14.2 Å². The molecule has 3 N–H and O–H groups in total. The van der Waals surface area contributed by atoms with Crippen LogP contribution >= 0.6 is 0 Å². The molecule has 2 fully saturated rings. The molecule has 2 bridgehead atoms. The van der Waals surface area contributed by atoms with E-state index in [0.29, 0.717) is 29.5 Å². The number of nitrogens with one attached hydrogen (secondary N) is 1. The molecule has 0 spiro atoms. The Hall–Kier alpha value is -2.35. The van der Waals surface area contributed by atoms with Crippen molar-refractivity contribution in [1.29, 1.82) is 0 Å². The number of carbonyl (C=O) groups is 1. The summed E-state index contributed by atoms with van der Waals surface area (Å²) in [7, 11) is 5.38. The van der Waals surface area contributed by atoms with Gasteiger partial charge in [-0.05, 0) is 74.3 Å². The molecule has 2 heterocycles. The van der Waals surface area contributed by atoms with Gasteiger partial charge in [0.25, 0.3) is 5.91 Å². The number of hydrogen-bond donors (Lipinski definition) is 3. The molecule has 0 saturated carbocycles. The molecule has 4 atom stereocenters. The number of benzene rings is 1. The van der Waals surface area contributed by atoms with Crippen molar-refractivity contribution < 1.29 is 24.5 Å². The molecule has 0 aromatic heterocycles. The topological polar surface area (TPSA) is 91.3 Å². The molecule has 3 aliphatic rings. The molecule has 4 unspecified atom stereocenters. The van der Waals surface area contributed by atoms with E-state index < -0.39 is 0 Å². The largest absolute Gasteiger partial charge is 0.497 e. The molecule has 190 valence electrons. The Morgan fingerprint density at radius 3 is 2.29 bits per heavy atom. The fraction of sp³-hybridized carbons (Fsp3) is 0.593. The van der Waals surface area contributed by atoms with E-state index in [1.54, 1.807) is 14.2 Å². The predicted octanol–water partition coefficient (Wildman–Crippen LogP) is 3.30. The molecule has 2 saturated heterocycles. The number of aryl methyl sites for hydroxylation is 1. The van der Waals surface area contributed by atoms with Gasteiger partial charge in [-0.2, -0.15) is 0 Å². The maximum Gasteiger partial charge on any atom is 0.251 e. The van der Waals surface area contributed by atoms with Crippen molar-refractivity contribution in [3.63, 3.8) is 0 Å². The second kappa shape index (κ2) is 13.5. The summed E-state index contributed by atoms with van der Waals surface area (Å²) in [6.45, 7) is 5.36. The van der Waals surface area contributed by atoms with Gasteiger partial charge in [0, 0.05) is 44.5 Å². The molecule has 1 aromatic rings. The van der Waals surface area contributed by atoms with E-state index in [1.807, 2.05) is 25.1 Å². The van der Waals surface area contributed by atoms with E-state index in [1.165, 1.54) is 12.8 Å². The summed E-state index contributed by atoms with van der Waals surface area (Å²) in [4.78, 5) is 15.5. The van der Waals surface area contributed by atoms with Gasteiger partial charge in [-0.3, -0.25) is 9.69 Å². The number of aliphatic hydroxyl groups is 2. The molecule has 1 aliphatic carbocycles. The minimum atomic E-state index is 0.00668. The number of fused-ring (bicyclic) bond motifs is 2. The summed E-state index contributed by atoms with van der Waals surface area (Å²) in [6, 6.07) is 7.05. The van der Waals surface area contributed by atoms with E-state index in [2.05, 4.69) is 35.4 Å². The number of rotatable bonds is 6. The summed E-state index contributed by atoms with van der Waals surface area (Å²) in [5.41, 5.74) is 1.72. The third-order valence-electron chi connectivity index (χ3n) is 7.16. The lowest BCUT2D eigenvalue weighted by atomic mass is 9.87. The highest BCUT2D eigenvalue weighted by molar-refractivity contribution is 5.94. The summed E-state index contributed by atoms with van der Waals surface area (Å²) < 4.78 is 10.8. The Balaban J connectivity index is 0.000000970. The van der Waals surface area contributed by atoms with Crippen LogP contribution in [0.25, 0.3) is 0 Å². The van der Waals surface area contributed by atoms with Crippen molar-refractivity contribution >= 4 is 5.91 Å². The van der Waals surface area contributed by atoms with Gasteiger partial charge in [-0.25, -0.2) is 0 Å². The van der Waals surface area contributed by atoms with Gasteiger partial charge in [-0.1, -0.05) is 19.1 Å². The quantitative estimate of drug-likeness (QED) is 0.586. The number of amides is 1. The third kappa shape index (κ3) is 6.62. The summed E-state index contributed by atoms with van der Waals surface area (Å²) in [5.74, 6) is 2.75. The number of hydrogen-bond acceptors (Lipinski definition) is 6. The van der Waals surface area contributed by atoms with E-state index in [0.717, 1.165) is 50.7 Å². The maximum absolute atomic E-state index is 12.8. The van der Waals surface area contributed by atoms with Crippen molar-refractivity contribution in [2.75, 3.05) is 35.0 Å². The molecule has 2 aliphatic heterocycles. The first-order valence-corrected chi connectivity index (χ1v) is 12.0. The van der Waals surface area contributed by atoms with E-state index in [4.69, 9.17) is 19.7 Å². The summed E-state index contributed by atoms with van der Waals surface area (Å²) in [6.07, 6.45) is 11.2. The van der Waals surface area contributed by atoms with Gasteiger partial charge in [0.2, 0.25) is 0 Å². The summed E-state index contributed by atoms with van der Waals surface area (Å²) in [5, 5.41) is 17.3. The highest BCUT2D eigenvalue weighted by Gasteiger charge is 2.42. The Bertz CT molecular complexity index is 839. The number of methoxy groups -OCH3 is 2. The first kappa shape index (κ1) is 27.9. The third-order valence-corrected chi connectivity index (χ3v) is 7.16. The van der Waals surface area contributed by atoms with Crippen molar-refractivity contribution in [3.8, 4) is 5.75 Å². The predicted molar refractivity (Wildman–Crippen MR) is 135 cm³/mol. The monoisotopic (exact) mass is 474 g/mol. The molecule has 7 heteroatoms. The fourth-order valence-electron chi connectivity index (χ4n) is 5.36. The van der Waals surface area contributed by atoms with Crippen molar-refractivity contribution in [3.05, 3.63) is 53.3 Å². The van der Waals surface area contributed by atoms with Gasteiger partial charge in [-0.15, -0.1) is 0 Å². The Morgan fingerprint density at radius 2 is 1.74 bits per heavy atom. The molecular formula is C27H42N2O5. The number of ether oxygens (including phenoxy) is 2. The first-order chi connectivity index (χ1) is 16.5. The molecule has 34 heavy (non-hydrogen) atoms. The second-order valence-electron chi connectivity index (χ2n) is 9.06. The van der Waals surface area contributed by atoms with Crippen molar-refractivity contribution in [2.24, 2.45) is 11.8 Å². The van der Waals surface area contributed by atoms with Crippen LogP contribution in [0.1, 0.15) is 48.5 Å². The Kier molecular flexibility index (Phi) is 11.1. The Labute approximate surface area is 204 Å². The maximum atomic E-state index is 12.8.